The lowest BCUT2D eigenvalue weighted by Gasteiger charge is -2.15. The van der Waals surface area contributed by atoms with E-state index in [0.29, 0.717) is 17.1 Å². The van der Waals surface area contributed by atoms with Gasteiger partial charge in [0.2, 0.25) is 0 Å². The molecule has 0 aliphatic carbocycles. The Hall–Kier alpha value is -2.34. The average Bonchev–Trinajstić information content (AvgIpc) is 2.69. The fourth-order valence-electron chi connectivity index (χ4n) is 3.33. The first-order valence-electron chi connectivity index (χ1n) is 8.85. The quantitative estimate of drug-likeness (QED) is 0.389. The number of halogens is 3. The van der Waals surface area contributed by atoms with Crippen molar-refractivity contribution in [3.8, 4) is 0 Å². The van der Waals surface area contributed by atoms with Crippen molar-refractivity contribution >= 4 is 50.0 Å². The first-order valence-corrected chi connectivity index (χ1v) is 10.4. The molecule has 0 amide bonds. The molecular weight excluding hydrogens is 475 g/mol. The molecule has 0 radical (unpaired) electrons. The topological polar surface area (TPSA) is 44.0 Å². The summed E-state index contributed by atoms with van der Waals surface area (Å²) in [6.45, 7) is 0.437. The fourth-order valence-corrected chi connectivity index (χ4v) is 4.34. The molecule has 0 aliphatic rings. The van der Waals surface area contributed by atoms with E-state index in [2.05, 4.69) is 15.9 Å². The van der Waals surface area contributed by atoms with Crippen LogP contribution >= 0.6 is 39.1 Å². The third-order valence-corrected chi connectivity index (χ3v) is 5.67. The van der Waals surface area contributed by atoms with Crippen LogP contribution in [0.4, 0.5) is 0 Å². The molecule has 0 bridgehead atoms. The van der Waals surface area contributed by atoms with E-state index in [1.54, 1.807) is 10.6 Å². The molecule has 0 N–H and O–H groups in total. The molecule has 4 aromatic rings. The molecule has 7 heteroatoms. The standard InChI is InChI=1S/C22H15BrCl2N2O2/c23-16-8-4-7-15(9-16)13-27-21(28)20-18(25)10-17(24)11-19(20)26(22(27)29)12-14-5-2-1-3-6-14/h1-11H,12-13H2. The summed E-state index contributed by atoms with van der Waals surface area (Å²) in [6, 6.07) is 20.2. The van der Waals surface area contributed by atoms with E-state index in [1.165, 1.54) is 10.6 Å². The van der Waals surface area contributed by atoms with Crippen LogP contribution in [0.25, 0.3) is 10.9 Å². The summed E-state index contributed by atoms with van der Waals surface area (Å²) in [4.78, 5) is 26.5. The van der Waals surface area contributed by atoms with Crippen LogP contribution in [0.3, 0.4) is 0 Å². The zero-order valence-corrected chi connectivity index (χ0v) is 18.2. The Morgan fingerprint density at radius 1 is 0.793 bits per heavy atom. The Kier molecular flexibility index (Phi) is 5.63. The summed E-state index contributed by atoms with van der Waals surface area (Å²) < 4.78 is 3.63. The minimum absolute atomic E-state index is 0.140. The molecule has 0 fully saturated rings. The molecule has 1 aromatic heterocycles. The van der Waals surface area contributed by atoms with Gasteiger partial charge in [-0.25, -0.2) is 4.79 Å². The second kappa shape index (κ2) is 8.19. The van der Waals surface area contributed by atoms with E-state index in [-0.39, 0.29) is 17.0 Å². The molecule has 1 heterocycles. The van der Waals surface area contributed by atoms with Crippen molar-refractivity contribution in [2.45, 2.75) is 13.1 Å². The van der Waals surface area contributed by atoms with E-state index in [9.17, 15) is 9.59 Å². The summed E-state index contributed by atoms with van der Waals surface area (Å²) in [5.41, 5.74) is 1.33. The largest absolute Gasteiger partial charge is 0.332 e. The highest BCUT2D eigenvalue weighted by molar-refractivity contribution is 9.10. The number of hydrogen-bond acceptors (Lipinski definition) is 2. The SMILES string of the molecule is O=c1c2c(Cl)cc(Cl)cc2n(Cc2ccccc2)c(=O)n1Cc1cccc(Br)c1. The van der Waals surface area contributed by atoms with Crippen LogP contribution in [-0.4, -0.2) is 9.13 Å². The van der Waals surface area contributed by atoms with Gasteiger partial charge in [0.05, 0.1) is 29.0 Å². The van der Waals surface area contributed by atoms with Gasteiger partial charge in [0.25, 0.3) is 5.56 Å². The summed E-state index contributed by atoms with van der Waals surface area (Å²) in [5.74, 6) is 0. The number of benzene rings is 3. The minimum atomic E-state index is -0.434. The van der Waals surface area contributed by atoms with Crippen molar-refractivity contribution in [2.75, 3.05) is 0 Å². The van der Waals surface area contributed by atoms with E-state index >= 15 is 0 Å². The molecule has 4 rings (SSSR count). The van der Waals surface area contributed by atoms with E-state index < -0.39 is 11.2 Å². The van der Waals surface area contributed by atoms with Crippen molar-refractivity contribution < 1.29 is 0 Å². The van der Waals surface area contributed by atoms with Gasteiger partial charge in [-0.2, -0.15) is 0 Å². The molecule has 0 unspecified atom stereocenters. The lowest BCUT2D eigenvalue weighted by molar-refractivity contribution is 0.635. The van der Waals surface area contributed by atoms with Crippen LogP contribution in [0.2, 0.25) is 10.0 Å². The van der Waals surface area contributed by atoms with Gasteiger partial charge in [0.15, 0.2) is 0 Å². The zero-order chi connectivity index (χ0) is 20.5. The average molecular weight is 490 g/mol. The van der Waals surface area contributed by atoms with Crippen molar-refractivity contribution in [3.05, 3.63) is 113 Å². The lowest BCUT2D eigenvalue weighted by atomic mass is 10.2. The van der Waals surface area contributed by atoms with Gasteiger partial charge in [-0.3, -0.25) is 13.9 Å². The van der Waals surface area contributed by atoms with Crippen molar-refractivity contribution in [1.29, 1.82) is 0 Å². The molecule has 146 valence electrons. The van der Waals surface area contributed by atoms with Crippen molar-refractivity contribution in [3.63, 3.8) is 0 Å². The Labute approximate surface area is 185 Å². The summed E-state index contributed by atoms with van der Waals surface area (Å²) >= 11 is 16.0. The summed E-state index contributed by atoms with van der Waals surface area (Å²) in [5, 5.41) is 0.872. The Morgan fingerprint density at radius 2 is 1.48 bits per heavy atom. The Morgan fingerprint density at radius 3 is 2.21 bits per heavy atom. The molecule has 4 nitrogen and oxygen atoms in total. The number of aromatic nitrogens is 2. The molecule has 0 atom stereocenters. The van der Waals surface area contributed by atoms with Gasteiger partial charge in [0.1, 0.15) is 0 Å². The number of nitrogens with zero attached hydrogens (tertiary/aromatic N) is 2. The van der Waals surface area contributed by atoms with Gasteiger partial charge in [0, 0.05) is 9.50 Å². The molecule has 3 aromatic carbocycles. The van der Waals surface area contributed by atoms with Crippen LogP contribution in [0, 0.1) is 0 Å². The van der Waals surface area contributed by atoms with E-state index in [1.807, 2.05) is 54.6 Å². The van der Waals surface area contributed by atoms with Gasteiger partial charge < -0.3 is 0 Å². The molecule has 29 heavy (non-hydrogen) atoms. The van der Waals surface area contributed by atoms with Gasteiger partial charge in [-0.15, -0.1) is 0 Å². The second-order valence-corrected chi connectivity index (χ2v) is 8.42. The maximum Gasteiger partial charge on any atom is 0.332 e. The van der Waals surface area contributed by atoms with Crippen LogP contribution < -0.4 is 11.2 Å². The molecule has 0 spiro atoms. The second-order valence-electron chi connectivity index (χ2n) is 6.66. The van der Waals surface area contributed by atoms with Gasteiger partial charge in [-0.05, 0) is 35.4 Å². The highest BCUT2D eigenvalue weighted by Gasteiger charge is 2.17. The van der Waals surface area contributed by atoms with E-state index in [4.69, 9.17) is 23.2 Å². The molecular formula is C22H15BrCl2N2O2. The van der Waals surface area contributed by atoms with Crippen LogP contribution in [-0.2, 0) is 13.1 Å². The van der Waals surface area contributed by atoms with E-state index in [0.717, 1.165) is 15.6 Å². The maximum absolute atomic E-state index is 13.3. The maximum atomic E-state index is 13.3. The number of hydrogen-bond donors (Lipinski definition) is 0. The Balaban J connectivity index is 1.99. The predicted octanol–water partition coefficient (Wildman–Crippen LogP) is 5.33. The third-order valence-electron chi connectivity index (χ3n) is 4.66. The third kappa shape index (κ3) is 4.04. The highest BCUT2D eigenvalue weighted by Crippen LogP contribution is 2.25. The monoisotopic (exact) mass is 488 g/mol. The summed E-state index contributed by atoms with van der Waals surface area (Å²) in [6.07, 6.45) is 0. The lowest BCUT2D eigenvalue weighted by Crippen LogP contribution is -2.40. The van der Waals surface area contributed by atoms with Crippen molar-refractivity contribution in [1.82, 2.24) is 9.13 Å². The van der Waals surface area contributed by atoms with Crippen molar-refractivity contribution in [2.24, 2.45) is 0 Å². The minimum Gasteiger partial charge on any atom is -0.289 e. The van der Waals surface area contributed by atoms with Gasteiger partial charge in [-0.1, -0.05) is 81.6 Å². The molecule has 0 aliphatic heterocycles. The number of fused-ring (bicyclic) bond motifs is 1. The zero-order valence-electron chi connectivity index (χ0n) is 15.1. The predicted molar refractivity (Wildman–Crippen MR) is 121 cm³/mol. The smallest absolute Gasteiger partial charge is 0.289 e. The molecule has 0 saturated carbocycles. The number of rotatable bonds is 4. The fraction of sp³-hybridized carbons (Fsp3) is 0.0909. The normalized spacial score (nSPS) is 11.1. The summed E-state index contributed by atoms with van der Waals surface area (Å²) in [7, 11) is 0. The van der Waals surface area contributed by atoms with Crippen LogP contribution in [0.1, 0.15) is 11.1 Å². The first kappa shape index (κ1) is 20.0. The van der Waals surface area contributed by atoms with Crippen LogP contribution in [0.15, 0.2) is 80.8 Å². The highest BCUT2D eigenvalue weighted by atomic mass is 79.9. The Bertz CT molecular complexity index is 1330. The molecule has 0 saturated heterocycles. The van der Waals surface area contributed by atoms with Crippen LogP contribution in [0.5, 0.6) is 0 Å². The van der Waals surface area contributed by atoms with Gasteiger partial charge >= 0.3 is 5.69 Å². The first-order chi connectivity index (χ1) is 13.9.